The van der Waals surface area contributed by atoms with E-state index in [0.717, 1.165) is 45.8 Å². The number of benzene rings is 1. The first-order valence-electron chi connectivity index (χ1n) is 8.40. The summed E-state index contributed by atoms with van der Waals surface area (Å²) < 4.78 is 5.60. The first-order chi connectivity index (χ1) is 10.3. The van der Waals surface area contributed by atoms with E-state index >= 15 is 0 Å². The van der Waals surface area contributed by atoms with E-state index in [1.54, 1.807) is 0 Å². The van der Waals surface area contributed by atoms with Gasteiger partial charge >= 0.3 is 0 Å². The van der Waals surface area contributed by atoms with Gasteiger partial charge in [-0.1, -0.05) is 57.5 Å². The number of hydrogen-bond donors (Lipinski definition) is 1. The summed E-state index contributed by atoms with van der Waals surface area (Å²) in [6, 6.07) is 11.2. The second kappa shape index (κ2) is 11.7. The third kappa shape index (κ3) is 7.07. The van der Waals surface area contributed by atoms with Gasteiger partial charge in [-0.2, -0.15) is 0 Å². The Morgan fingerprint density at radius 2 is 1.76 bits per heavy atom. The zero-order chi connectivity index (χ0) is 15.3. The van der Waals surface area contributed by atoms with E-state index in [1.165, 1.54) is 12.0 Å². The van der Waals surface area contributed by atoms with Crippen LogP contribution in [-0.4, -0.2) is 44.3 Å². The summed E-state index contributed by atoms with van der Waals surface area (Å²) in [5, 5.41) is 3.54. The molecule has 0 saturated heterocycles. The zero-order valence-corrected chi connectivity index (χ0v) is 14.0. The molecular weight excluding hydrogens is 260 g/mol. The van der Waals surface area contributed by atoms with Gasteiger partial charge in [0.1, 0.15) is 0 Å². The van der Waals surface area contributed by atoms with Crippen LogP contribution in [0, 0.1) is 0 Å². The number of hydrogen-bond acceptors (Lipinski definition) is 3. The van der Waals surface area contributed by atoms with Gasteiger partial charge in [-0.15, -0.1) is 0 Å². The molecule has 3 heteroatoms. The molecular formula is C18H32N2O. The van der Waals surface area contributed by atoms with Crippen LogP contribution < -0.4 is 5.32 Å². The van der Waals surface area contributed by atoms with Crippen LogP contribution in [0.3, 0.4) is 0 Å². The van der Waals surface area contributed by atoms with E-state index < -0.39 is 0 Å². The lowest BCUT2D eigenvalue weighted by Crippen LogP contribution is -2.36. The van der Waals surface area contributed by atoms with Crippen molar-refractivity contribution in [1.29, 1.82) is 0 Å². The van der Waals surface area contributed by atoms with Crippen LogP contribution in [0.2, 0.25) is 0 Å². The molecule has 21 heavy (non-hydrogen) atoms. The molecule has 1 unspecified atom stereocenters. The lowest BCUT2D eigenvalue weighted by molar-refractivity contribution is 0.129. The highest BCUT2D eigenvalue weighted by Gasteiger charge is 2.16. The Balaban J connectivity index is 2.40. The fraction of sp³-hybridized carbons (Fsp3) is 0.667. The lowest BCUT2D eigenvalue weighted by atomic mass is 10.1. The molecule has 1 aromatic carbocycles. The average molecular weight is 292 g/mol. The molecule has 1 aromatic rings. The van der Waals surface area contributed by atoms with Crippen LogP contribution in [0.5, 0.6) is 0 Å². The van der Waals surface area contributed by atoms with Crippen LogP contribution >= 0.6 is 0 Å². The minimum atomic E-state index is 0.442. The fourth-order valence-corrected chi connectivity index (χ4v) is 2.53. The van der Waals surface area contributed by atoms with Gasteiger partial charge < -0.3 is 10.1 Å². The highest BCUT2D eigenvalue weighted by molar-refractivity contribution is 5.19. The van der Waals surface area contributed by atoms with Gasteiger partial charge in [0.25, 0.3) is 0 Å². The molecule has 0 bridgehead atoms. The summed E-state index contributed by atoms with van der Waals surface area (Å²) in [5.41, 5.74) is 1.39. The highest BCUT2D eigenvalue weighted by Crippen LogP contribution is 2.19. The summed E-state index contributed by atoms with van der Waals surface area (Å²) in [6.07, 6.45) is 2.36. The third-order valence-electron chi connectivity index (χ3n) is 3.84. The Bertz CT molecular complexity index is 338. The van der Waals surface area contributed by atoms with Crippen molar-refractivity contribution in [3.8, 4) is 0 Å². The highest BCUT2D eigenvalue weighted by atomic mass is 16.5. The van der Waals surface area contributed by atoms with Gasteiger partial charge in [0, 0.05) is 25.7 Å². The smallest absolute Gasteiger partial charge is 0.0590 e. The predicted molar refractivity (Wildman–Crippen MR) is 90.7 cm³/mol. The number of ether oxygens (including phenoxy) is 1. The molecule has 0 amide bonds. The second-order valence-corrected chi connectivity index (χ2v) is 5.32. The Hall–Kier alpha value is -0.900. The van der Waals surface area contributed by atoms with Crippen LogP contribution in [0.25, 0.3) is 0 Å². The molecule has 0 aromatic heterocycles. The SMILES string of the molecule is CCCCOCCNCC(c1ccccc1)N(CC)CC. The summed E-state index contributed by atoms with van der Waals surface area (Å²) in [4.78, 5) is 2.50. The number of likely N-dealkylation sites (N-methyl/N-ethyl adjacent to an activating group) is 1. The van der Waals surface area contributed by atoms with Crippen molar-refractivity contribution in [2.75, 3.05) is 39.4 Å². The molecule has 0 fully saturated rings. The van der Waals surface area contributed by atoms with Crippen molar-refractivity contribution in [2.24, 2.45) is 0 Å². The number of rotatable bonds is 12. The van der Waals surface area contributed by atoms with Gasteiger partial charge in [0.05, 0.1) is 6.61 Å². The molecule has 0 saturated carbocycles. The molecule has 0 aliphatic carbocycles. The summed E-state index contributed by atoms with van der Waals surface area (Å²) in [6.45, 7) is 12.4. The molecule has 1 atom stereocenters. The molecule has 0 aliphatic heterocycles. The van der Waals surface area contributed by atoms with Crippen LogP contribution in [0.4, 0.5) is 0 Å². The Labute approximate surface area is 130 Å². The molecule has 0 heterocycles. The molecule has 120 valence electrons. The molecule has 1 N–H and O–H groups in total. The standard InChI is InChI=1S/C18H32N2O/c1-4-7-14-21-15-13-19-16-18(20(5-2)6-3)17-11-9-8-10-12-17/h8-12,18-19H,4-7,13-16H2,1-3H3. The number of unbranched alkanes of at least 4 members (excludes halogenated alkanes) is 1. The maximum atomic E-state index is 5.60. The Kier molecular flexibility index (Phi) is 10.1. The minimum Gasteiger partial charge on any atom is -0.380 e. The van der Waals surface area contributed by atoms with Gasteiger partial charge in [-0.05, 0) is 25.1 Å². The predicted octanol–water partition coefficient (Wildman–Crippen LogP) is 3.48. The topological polar surface area (TPSA) is 24.5 Å². The summed E-state index contributed by atoms with van der Waals surface area (Å²) in [5.74, 6) is 0. The van der Waals surface area contributed by atoms with Crippen molar-refractivity contribution in [2.45, 2.75) is 39.7 Å². The van der Waals surface area contributed by atoms with Crippen LogP contribution in [-0.2, 0) is 4.74 Å². The molecule has 0 spiro atoms. The van der Waals surface area contributed by atoms with E-state index in [1.807, 2.05) is 0 Å². The van der Waals surface area contributed by atoms with E-state index in [9.17, 15) is 0 Å². The van der Waals surface area contributed by atoms with Crippen molar-refractivity contribution in [1.82, 2.24) is 10.2 Å². The molecule has 0 aliphatic rings. The van der Waals surface area contributed by atoms with Crippen molar-refractivity contribution in [3.63, 3.8) is 0 Å². The monoisotopic (exact) mass is 292 g/mol. The van der Waals surface area contributed by atoms with Gasteiger partial charge in [-0.25, -0.2) is 0 Å². The van der Waals surface area contributed by atoms with E-state index in [-0.39, 0.29) is 0 Å². The maximum absolute atomic E-state index is 5.60. The fourth-order valence-electron chi connectivity index (χ4n) is 2.53. The lowest BCUT2D eigenvalue weighted by Gasteiger charge is -2.30. The number of nitrogens with zero attached hydrogens (tertiary/aromatic N) is 1. The normalized spacial score (nSPS) is 12.8. The van der Waals surface area contributed by atoms with Crippen LogP contribution in [0.15, 0.2) is 30.3 Å². The van der Waals surface area contributed by atoms with Crippen molar-refractivity contribution >= 4 is 0 Å². The Morgan fingerprint density at radius 3 is 2.38 bits per heavy atom. The summed E-state index contributed by atoms with van der Waals surface area (Å²) in [7, 11) is 0. The van der Waals surface area contributed by atoms with Crippen LogP contribution in [0.1, 0.15) is 45.2 Å². The Morgan fingerprint density at radius 1 is 1.05 bits per heavy atom. The first kappa shape index (κ1) is 18.1. The number of nitrogens with one attached hydrogen (secondary N) is 1. The van der Waals surface area contributed by atoms with Crippen molar-refractivity contribution in [3.05, 3.63) is 35.9 Å². The van der Waals surface area contributed by atoms with Gasteiger partial charge in [0.2, 0.25) is 0 Å². The molecule has 0 radical (unpaired) electrons. The maximum Gasteiger partial charge on any atom is 0.0590 e. The first-order valence-corrected chi connectivity index (χ1v) is 8.40. The molecule has 3 nitrogen and oxygen atoms in total. The van der Waals surface area contributed by atoms with E-state index in [4.69, 9.17) is 4.74 Å². The average Bonchev–Trinajstić information content (AvgIpc) is 2.54. The zero-order valence-electron chi connectivity index (χ0n) is 14.0. The minimum absolute atomic E-state index is 0.442. The van der Waals surface area contributed by atoms with E-state index in [2.05, 4.69) is 61.3 Å². The second-order valence-electron chi connectivity index (χ2n) is 5.32. The van der Waals surface area contributed by atoms with Gasteiger partial charge in [0.15, 0.2) is 0 Å². The van der Waals surface area contributed by atoms with E-state index in [0.29, 0.717) is 6.04 Å². The van der Waals surface area contributed by atoms with Gasteiger partial charge in [-0.3, -0.25) is 4.90 Å². The largest absolute Gasteiger partial charge is 0.380 e. The quantitative estimate of drug-likeness (QED) is 0.597. The third-order valence-corrected chi connectivity index (χ3v) is 3.84. The summed E-state index contributed by atoms with van der Waals surface area (Å²) >= 11 is 0. The molecule has 1 rings (SSSR count). The van der Waals surface area contributed by atoms with Crippen molar-refractivity contribution < 1.29 is 4.74 Å².